The summed E-state index contributed by atoms with van der Waals surface area (Å²) in [5, 5.41) is 13.1. The predicted molar refractivity (Wildman–Crippen MR) is 69.1 cm³/mol. The molecule has 1 aromatic rings. The van der Waals surface area contributed by atoms with E-state index in [4.69, 9.17) is 0 Å². The molecule has 0 radical (unpaired) electrons. The third-order valence-corrected chi connectivity index (χ3v) is 4.47. The van der Waals surface area contributed by atoms with E-state index in [9.17, 15) is 5.11 Å². The van der Waals surface area contributed by atoms with Gasteiger partial charge in [0.15, 0.2) is 0 Å². The van der Waals surface area contributed by atoms with Gasteiger partial charge in [-0.1, -0.05) is 0 Å². The Morgan fingerprint density at radius 3 is 3.00 bits per heavy atom. The lowest BCUT2D eigenvalue weighted by molar-refractivity contribution is 0.0829. The Morgan fingerprint density at radius 2 is 2.33 bits per heavy atom. The first-order valence-electron chi connectivity index (χ1n) is 6.79. The first-order valence-corrected chi connectivity index (χ1v) is 6.79. The number of imidazole rings is 1. The number of nitrogens with one attached hydrogen (secondary N) is 1. The van der Waals surface area contributed by atoms with E-state index in [-0.39, 0.29) is 12.1 Å². The Bertz CT molecular complexity index is 409. The van der Waals surface area contributed by atoms with E-state index < -0.39 is 0 Å². The van der Waals surface area contributed by atoms with E-state index in [1.807, 2.05) is 19.4 Å². The van der Waals surface area contributed by atoms with Crippen molar-refractivity contribution in [3.63, 3.8) is 0 Å². The summed E-state index contributed by atoms with van der Waals surface area (Å²) in [6.45, 7) is 4.07. The van der Waals surface area contributed by atoms with Crippen molar-refractivity contribution in [1.29, 1.82) is 0 Å². The minimum Gasteiger partial charge on any atom is -0.394 e. The molecule has 5 nitrogen and oxygen atoms in total. The van der Waals surface area contributed by atoms with Crippen molar-refractivity contribution in [3.05, 3.63) is 18.2 Å². The van der Waals surface area contributed by atoms with Gasteiger partial charge in [-0.15, -0.1) is 0 Å². The summed E-state index contributed by atoms with van der Waals surface area (Å²) >= 11 is 0. The normalized spacial score (nSPS) is 23.7. The van der Waals surface area contributed by atoms with Crippen LogP contribution < -0.4 is 5.32 Å². The van der Waals surface area contributed by atoms with Crippen molar-refractivity contribution in [2.45, 2.75) is 31.5 Å². The molecule has 100 valence electrons. The summed E-state index contributed by atoms with van der Waals surface area (Å²) in [6.07, 6.45) is 6.40. The molecule has 18 heavy (non-hydrogen) atoms. The molecule has 1 fully saturated rings. The topological polar surface area (TPSA) is 53.3 Å². The SMILES string of the molecule is CNC(CO)(CN1CCn2ccnc2C1)C1CC1. The van der Waals surface area contributed by atoms with Crippen LogP contribution in [0.25, 0.3) is 0 Å². The molecule has 0 aromatic carbocycles. The molecule has 5 heteroatoms. The smallest absolute Gasteiger partial charge is 0.122 e. The second-order valence-electron chi connectivity index (χ2n) is 5.59. The maximum absolute atomic E-state index is 9.76. The number of fused-ring (bicyclic) bond motifs is 1. The minimum atomic E-state index is -0.116. The van der Waals surface area contributed by atoms with Crippen molar-refractivity contribution in [2.75, 3.05) is 26.7 Å². The van der Waals surface area contributed by atoms with Crippen LogP contribution in [0, 0.1) is 5.92 Å². The summed E-state index contributed by atoms with van der Waals surface area (Å²) in [4.78, 5) is 6.80. The summed E-state index contributed by atoms with van der Waals surface area (Å²) in [6, 6.07) is 0. The van der Waals surface area contributed by atoms with Crippen LogP contribution in [-0.2, 0) is 13.1 Å². The fourth-order valence-electron chi connectivity index (χ4n) is 3.06. The molecule has 1 aliphatic heterocycles. The molecule has 1 unspecified atom stereocenters. The first-order chi connectivity index (χ1) is 8.77. The van der Waals surface area contributed by atoms with Crippen LogP contribution in [0.5, 0.6) is 0 Å². The number of aliphatic hydroxyl groups is 1. The molecule has 0 saturated heterocycles. The second kappa shape index (κ2) is 4.64. The lowest BCUT2D eigenvalue weighted by Crippen LogP contribution is -2.57. The molecule has 0 spiro atoms. The molecule has 1 atom stereocenters. The molecule has 1 saturated carbocycles. The van der Waals surface area contributed by atoms with Gasteiger partial charge in [0.25, 0.3) is 0 Å². The fourth-order valence-corrected chi connectivity index (χ4v) is 3.06. The zero-order valence-electron chi connectivity index (χ0n) is 11.0. The van der Waals surface area contributed by atoms with Gasteiger partial charge in [-0.05, 0) is 25.8 Å². The number of nitrogens with zero attached hydrogens (tertiary/aromatic N) is 3. The zero-order valence-corrected chi connectivity index (χ0v) is 11.0. The molecular weight excluding hydrogens is 228 g/mol. The van der Waals surface area contributed by atoms with Crippen LogP contribution in [-0.4, -0.2) is 51.8 Å². The van der Waals surface area contributed by atoms with Crippen LogP contribution in [0.4, 0.5) is 0 Å². The minimum absolute atomic E-state index is 0.116. The average Bonchev–Trinajstić information content (AvgIpc) is 3.15. The second-order valence-corrected chi connectivity index (χ2v) is 5.59. The number of aliphatic hydroxyl groups excluding tert-OH is 1. The summed E-state index contributed by atoms with van der Waals surface area (Å²) in [7, 11) is 1.97. The lowest BCUT2D eigenvalue weighted by atomic mass is 9.93. The van der Waals surface area contributed by atoms with E-state index in [0.29, 0.717) is 5.92 Å². The third kappa shape index (κ3) is 2.06. The highest BCUT2D eigenvalue weighted by atomic mass is 16.3. The van der Waals surface area contributed by atoms with E-state index in [1.54, 1.807) is 0 Å². The van der Waals surface area contributed by atoms with Crippen molar-refractivity contribution in [1.82, 2.24) is 19.8 Å². The fraction of sp³-hybridized carbons (Fsp3) is 0.769. The molecule has 2 aliphatic rings. The first kappa shape index (κ1) is 12.1. The van der Waals surface area contributed by atoms with Crippen molar-refractivity contribution in [3.8, 4) is 0 Å². The van der Waals surface area contributed by atoms with Gasteiger partial charge >= 0.3 is 0 Å². The summed E-state index contributed by atoms with van der Waals surface area (Å²) in [5.74, 6) is 1.77. The van der Waals surface area contributed by atoms with E-state index in [2.05, 4.69) is 19.8 Å². The molecule has 3 rings (SSSR count). The number of likely N-dealkylation sites (N-methyl/N-ethyl adjacent to an activating group) is 1. The van der Waals surface area contributed by atoms with Gasteiger partial charge in [0.05, 0.1) is 18.7 Å². The van der Waals surface area contributed by atoms with Gasteiger partial charge in [-0.3, -0.25) is 4.90 Å². The van der Waals surface area contributed by atoms with Crippen LogP contribution in [0.15, 0.2) is 12.4 Å². The molecule has 0 amide bonds. The van der Waals surface area contributed by atoms with Crippen LogP contribution in [0.2, 0.25) is 0 Å². The Hall–Kier alpha value is -0.910. The quantitative estimate of drug-likeness (QED) is 0.776. The van der Waals surface area contributed by atoms with Gasteiger partial charge in [-0.25, -0.2) is 4.98 Å². The molecule has 1 aliphatic carbocycles. The lowest BCUT2D eigenvalue weighted by Gasteiger charge is -2.39. The molecular formula is C13H22N4O. The maximum atomic E-state index is 9.76. The Labute approximate surface area is 108 Å². The highest BCUT2D eigenvalue weighted by Gasteiger charge is 2.45. The van der Waals surface area contributed by atoms with Gasteiger partial charge in [0.1, 0.15) is 5.82 Å². The Kier molecular flexibility index (Phi) is 3.13. The standard InChI is InChI=1S/C13H22N4O/c1-14-13(10-18,11-2-3-11)9-16-6-7-17-5-4-15-12(17)8-16/h4-5,11,14,18H,2-3,6-10H2,1H3. The monoisotopic (exact) mass is 250 g/mol. The summed E-state index contributed by atoms with van der Waals surface area (Å²) in [5.41, 5.74) is -0.116. The number of hydrogen-bond donors (Lipinski definition) is 2. The van der Waals surface area contributed by atoms with Gasteiger partial charge in [-0.2, -0.15) is 0 Å². The number of aromatic nitrogens is 2. The number of hydrogen-bond acceptors (Lipinski definition) is 4. The van der Waals surface area contributed by atoms with Crippen LogP contribution in [0.3, 0.4) is 0 Å². The van der Waals surface area contributed by atoms with Crippen molar-refractivity contribution < 1.29 is 5.11 Å². The largest absolute Gasteiger partial charge is 0.394 e. The highest BCUT2D eigenvalue weighted by Crippen LogP contribution is 2.40. The van der Waals surface area contributed by atoms with Crippen LogP contribution in [0.1, 0.15) is 18.7 Å². The predicted octanol–water partition coefficient (Wildman–Crippen LogP) is 0.0592. The maximum Gasteiger partial charge on any atom is 0.122 e. The highest BCUT2D eigenvalue weighted by molar-refractivity contribution is 5.04. The van der Waals surface area contributed by atoms with E-state index in [0.717, 1.165) is 32.0 Å². The molecule has 2 N–H and O–H groups in total. The average molecular weight is 250 g/mol. The molecule has 1 aromatic heterocycles. The zero-order chi connectivity index (χ0) is 12.6. The van der Waals surface area contributed by atoms with Crippen molar-refractivity contribution in [2.24, 2.45) is 5.92 Å². The van der Waals surface area contributed by atoms with Crippen molar-refractivity contribution >= 4 is 0 Å². The van der Waals surface area contributed by atoms with E-state index in [1.165, 1.54) is 12.8 Å². The van der Waals surface area contributed by atoms with Gasteiger partial charge < -0.3 is 15.0 Å². The number of rotatable bonds is 5. The van der Waals surface area contributed by atoms with E-state index >= 15 is 0 Å². The van der Waals surface area contributed by atoms with Gasteiger partial charge in [0.2, 0.25) is 0 Å². The molecule has 2 heterocycles. The van der Waals surface area contributed by atoms with Gasteiger partial charge in [0, 0.05) is 32.0 Å². The molecule has 0 bridgehead atoms. The summed E-state index contributed by atoms with van der Waals surface area (Å²) < 4.78 is 2.22. The Morgan fingerprint density at radius 1 is 1.50 bits per heavy atom. The Balaban J connectivity index is 1.69. The third-order valence-electron chi connectivity index (χ3n) is 4.47. The van der Waals surface area contributed by atoms with Crippen LogP contribution >= 0.6 is 0 Å².